The van der Waals surface area contributed by atoms with E-state index < -0.39 is 10.0 Å². The lowest BCUT2D eigenvalue weighted by Crippen LogP contribution is -2.41. The number of hydrogen-bond acceptors (Lipinski definition) is 6. The number of likely N-dealkylation sites (tertiary alicyclic amines) is 1. The maximum Gasteiger partial charge on any atom is 0.256 e. The van der Waals surface area contributed by atoms with Gasteiger partial charge in [0.25, 0.3) is 5.91 Å². The van der Waals surface area contributed by atoms with Gasteiger partial charge in [0.1, 0.15) is 9.24 Å². The van der Waals surface area contributed by atoms with Crippen LogP contribution in [-0.4, -0.2) is 50.1 Å². The number of thiophene rings is 1. The smallest absolute Gasteiger partial charge is 0.256 e. The molecule has 2 aromatic rings. The van der Waals surface area contributed by atoms with Crippen molar-refractivity contribution >= 4 is 39.0 Å². The van der Waals surface area contributed by atoms with E-state index in [1.165, 1.54) is 23.1 Å². The summed E-state index contributed by atoms with van der Waals surface area (Å²) in [5.41, 5.74) is 0.636. The Morgan fingerprint density at radius 2 is 2.12 bits per heavy atom. The number of carbonyl (C=O) groups excluding carboxylic acids is 1. The molecule has 2 aromatic heterocycles. The number of carbonyl (C=O) groups is 1. The molecule has 0 aliphatic carbocycles. The molecule has 3 rings (SSSR count). The van der Waals surface area contributed by atoms with Gasteiger partial charge in [-0.25, -0.2) is 18.1 Å². The first-order valence-electron chi connectivity index (χ1n) is 8.32. The van der Waals surface area contributed by atoms with Crippen LogP contribution in [0.25, 0.3) is 0 Å². The largest absolute Gasteiger partial charge is 0.339 e. The summed E-state index contributed by atoms with van der Waals surface area (Å²) < 4.78 is 27.4. The maximum atomic E-state index is 12.7. The fraction of sp³-hybridized carbons (Fsp3) is 0.412. The van der Waals surface area contributed by atoms with Gasteiger partial charge in [0.05, 0.1) is 5.56 Å². The molecule has 6 nitrogen and oxygen atoms in total. The molecule has 0 bridgehead atoms. The Hall–Kier alpha value is -1.42. The number of hydrogen-bond donors (Lipinski definition) is 1. The van der Waals surface area contributed by atoms with Crippen LogP contribution in [0.1, 0.15) is 23.2 Å². The van der Waals surface area contributed by atoms with Crippen molar-refractivity contribution in [1.82, 2.24) is 14.6 Å². The van der Waals surface area contributed by atoms with Gasteiger partial charge in [-0.1, -0.05) is 6.07 Å². The minimum atomic E-state index is -3.42. The summed E-state index contributed by atoms with van der Waals surface area (Å²) in [6.45, 7) is 1.67. The van der Waals surface area contributed by atoms with Crippen molar-refractivity contribution in [2.75, 3.05) is 25.9 Å². The van der Waals surface area contributed by atoms with Crippen molar-refractivity contribution in [1.29, 1.82) is 0 Å². The molecule has 1 aliphatic heterocycles. The van der Waals surface area contributed by atoms with Crippen LogP contribution in [0.5, 0.6) is 0 Å². The van der Waals surface area contributed by atoms with Gasteiger partial charge < -0.3 is 4.90 Å². The van der Waals surface area contributed by atoms with E-state index in [0.29, 0.717) is 29.4 Å². The molecule has 0 saturated carbocycles. The van der Waals surface area contributed by atoms with E-state index in [-0.39, 0.29) is 11.8 Å². The molecule has 1 saturated heterocycles. The molecule has 0 atom stereocenters. The number of sulfonamides is 1. The Kier molecular flexibility index (Phi) is 6.33. The molecule has 0 spiro atoms. The zero-order valence-electron chi connectivity index (χ0n) is 14.4. The fourth-order valence-electron chi connectivity index (χ4n) is 2.94. The number of rotatable bonds is 6. The number of amides is 1. The highest BCUT2D eigenvalue weighted by Gasteiger charge is 2.26. The molecule has 1 fully saturated rings. The number of nitrogens with one attached hydrogen (secondary N) is 1. The molecule has 0 radical (unpaired) electrons. The summed E-state index contributed by atoms with van der Waals surface area (Å²) in [6.07, 6.45) is 5.17. The molecule has 0 aromatic carbocycles. The molecular formula is C17H21N3O3S3. The topological polar surface area (TPSA) is 79.4 Å². The van der Waals surface area contributed by atoms with Crippen LogP contribution in [0.3, 0.4) is 0 Å². The van der Waals surface area contributed by atoms with Crippen LogP contribution in [0, 0.1) is 5.92 Å². The fourth-order valence-corrected chi connectivity index (χ4v) is 5.64. The highest BCUT2D eigenvalue weighted by Crippen LogP contribution is 2.23. The quantitative estimate of drug-likeness (QED) is 0.740. The second kappa shape index (κ2) is 8.51. The summed E-state index contributed by atoms with van der Waals surface area (Å²) >= 11 is 2.67. The zero-order chi connectivity index (χ0) is 18.6. The van der Waals surface area contributed by atoms with E-state index in [1.807, 2.05) is 17.2 Å². The van der Waals surface area contributed by atoms with E-state index in [1.54, 1.807) is 29.8 Å². The van der Waals surface area contributed by atoms with Crippen LogP contribution in [0.15, 0.2) is 45.1 Å². The SMILES string of the molecule is CSc1ncccc1C(=O)N1CCC(CNS(=O)(=O)c2cccs2)CC1. The molecular weight excluding hydrogens is 390 g/mol. The summed E-state index contributed by atoms with van der Waals surface area (Å²) in [6, 6.07) is 6.91. The number of nitrogens with zero attached hydrogens (tertiary/aromatic N) is 2. The molecule has 9 heteroatoms. The van der Waals surface area contributed by atoms with Gasteiger partial charge in [-0.2, -0.15) is 0 Å². The first kappa shape index (κ1) is 19.3. The highest BCUT2D eigenvalue weighted by molar-refractivity contribution is 7.98. The first-order valence-corrected chi connectivity index (χ1v) is 11.9. The lowest BCUT2D eigenvalue weighted by atomic mass is 9.97. The van der Waals surface area contributed by atoms with Crippen LogP contribution in [-0.2, 0) is 10.0 Å². The van der Waals surface area contributed by atoms with Crippen molar-refractivity contribution in [2.24, 2.45) is 5.92 Å². The van der Waals surface area contributed by atoms with E-state index in [4.69, 9.17) is 0 Å². The molecule has 0 unspecified atom stereocenters. The second-order valence-corrected chi connectivity index (χ2v) is 9.82. The maximum absolute atomic E-state index is 12.7. The lowest BCUT2D eigenvalue weighted by molar-refractivity contribution is 0.0687. The number of aromatic nitrogens is 1. The van der Waals surface area contributed by atoms with Crippen molar-refractivity contribution in [3.63, 3.8) is 0 Å². The molecule has 26 heavy (non-hydrogen) atoms. The van der Waals surface area contributed by atoms with Crippen molar-refractivity contribution in [3.05, 3.63) is 41.4 Å². The van der Waals surface area contributed by atoms with Crippen LogP contribution >= 0.6 is 23.1 Å². The normalized spacial score (nSPS) is 16.0. The average molecular weight is 412 g/mol. The minimum absolute atomic E-state index is 0.0000614. The summed E-state index contributed by atoms with van der Waals surface area (Å²) in [7, 11) is -3.42. The molecule has 1 amide bonds. The van der Waals surface area contributed by atoms with E-state index in [0.717, 1.165) is 17.9 Å². The Morgan fingerprint density at radius 1 is 1.35 bits per heavy atom. The van der Waals surface area contributed by atoms with E-state index in [2.05, 4.69) is 9.71 Å². The Balaban J connectivity index is 1.54. The highest BCUT2D eigenvalue weighted by atomic mass is 32.2. The van der Waals surface area contributed by atoms with Crippen molar-refractivity contribution < 1.29 is 13.2 Å². The van der Waals surface area contributed by atoms with Gasteiger partial charge in [0.2, 0.25) is 10.0 Å². The van der Waals surface area contributed by atoms with Crippen LogP contribution in [0.2, 0.25) is 0 Å². The summed E-state index contributed by atoms with van der Waals surface area (Å²) in [5, 5.41) is 2.49. The third-order valence-corrected chi connectivity index (χ3v) is 7.95. The van der Waals surface area contributed by atoms with Crippen LogP contribution < -0.4 is 4.72 Å². The van der Waals surface area contributed by atoms with Gasteiger partial charge in [-0.05, 0) is 48.6 Å². The lowest BCUT2D eigenvalue weighted by Gasteiger charge is -2.32. The molecule has 1 N–H and O–H groups in total. The summed E-state index contributed by atoms with van der Waals surface area (Å²) in [4.78, 5) is 18.8. The predicted octanol–water partition coefficient (Wildman–Crippen LogP) is 2.70. The number of piperidine rings is 1. The van der Waals surface area contributed by atoms with Gasteiger partial charge in [-0.3, -0.25) is 4.79 Å². The van der Waals surface area contributed by atoms with Gasteiger partial charge in [-0.15, -0.1) is 23.1 Å². The Labute approximate surface area is 162 Å². The Morgan fingerprint density at radius 3 is 2.77 bits per heavy atom. The third-order valence-electron chi connectivity index (χ3n) is 4.42. The predicted molar refractivity (Wildman–Crippen MR) is 104 cm³/mol. The summed E-state index contributed by atoms with van der Waals surface area (Å²) in [5.74, 6) is 0.239. The average Bonchev–Trinajstić information content (AvgIpc) is 3.22. The molecule has 1 aliphatic rings. The van der Waals surface area contributed by atoms with Crippen LogP contribution in [0.4, 0.5) is 0 Å². The molecule has 140 valence electrons. The number of pyridine rings is 1. The van der Waals surface area contributed by atoms with E-state index >= 15 is 0 Å². The first-order chi connectivity index (χ1) is 12.5. The molecule has 3 heterocycles. The standard InChI is InChI=1S/C17H21N3O3S3/c1-24-16-14(4-2-8-18-16)17(21)20-9-6-13(7-10-20)12-19-26(22,23)15-5-3-11-25-15/h2-5,8,11,13,19H,6-7,9-10,12H2,1H3. The minimum Gasteiger partial charge on any atom is -0.339 e. The van der Waals surface area contributed by atoms with Crippen molar-refractivity contribution in [3.8, 4) is 0 Å². The van der Waals surface area contributed by atoms with E-state index in [9.17, 15) is 13.2 Å². The van der Waals surface area contributed by atoms with Gasteiger partial charge >= 0.3 is 0 Å². The van der Waals surface area contributed by atoms with Crippen molar-refractivity contribution in [2.45, 2.75) is 22.1 Å². The number of thioether (sulfide) groups is 1. The van der Waals surface area contributed by atoms with Gasteiger partial charge in [0.15, 0.2) is 0 Å². The second-order valence-electron chi connectivity index (χ2n) is 6.08. The Bertz CT molecular complexity index is 845. The van der Waals surface area contributed by atoms with Gasteiger partial charge in [0, 0.05) is 25.8 Å². The zero-order valence-corrected chi connectivity index (χ0v) is 16.9. The third kappa shape index (κ3) is 4.46. The monoisotopic (exact) mass is 411 g/mol.